The molecule has 0 aliphatic carbocycles. The third kappa shape index (κ3) is 2.30. The summed E-state index contributed by atoms with van der Waals surface area (Å²) in [7, 11) is 0. The predicted octanol–water partition coefficient (Wildman–Crippen LogP) is 1.36. The largest absolute Gasteiger partial charge is 0.493 e. The van der Waals surface area contributed by atoms with Crippen molar-refractivity contribution in [2.45, 2.75) is 25.3 Å². The molecule has 0 radical (unpaired) electrons. The maximum absolute atomic E-state index is 6.02. The Morgan fingerprint density at radius 2 is 2.27 bits per heavy atom. The summed E-state index contributed by atoms with van der Waals surface area (Å²) < 4.78 is 5.55. The second-order valence-electron chi connectivity index (χ2n) is 4.00. The van der Waals surface area contributed by atoms with E-state index in [1.807, 2.05) is 12.1 Å². The van der Waals surface area contributed by atoms with E-state index in [1.165, 1.54) is 11.1 Å². The van der Waals surface area contributed by atoms with Gasteiger partial charge in [0, 0.05) is 6.04 Å². The van der Waals surface area contributed by atoms with Gasteiger partial charge in [0.2, 0.25) is 0 Å². The summed E-state index contributed by atoms with van der Waals surface area (Å²) in [6.45, 7) is 1.47. The summed E-state index contributed by atoms with van der Waals surface area (Å²) in [5.74, 6) is 1.02. The van der Waals surface area contributed by atoms with Gasteiger partial charge in [-0.15, -0.1) is 0 Å². The van der Waals surface area contributed by atoms with Gasteiger partial charge in [-0.1, -0.05) is 12.1 Å². The lowest BCUT2D eigenvalue weighted by Gasteiger charge is -2.19. The van der Waals surface area contributed by atoms with Crippen molar-refractivity contribution in [1.82, 2.24) is 0 Å². The van der Waals surface area contributed by atoms with Crippen LogP contribution in [0.5, 0.6) is 5.75 Å². The highest BCUT2D eigenvalue weighted by Gasteiger charge is 2.12. The second kappa shape index (κ2) is 4.64. The number of nitrogens with two attached hydrogens (primary N) is 2. The van der Waals surface area contributed by atoms with E-state index in [4.69, 9.17) is 16.2 Å². The van der Waals surface area contributed by atoms with Gasteiger partial charge in [-0.3, -0.25) is 0 Å². The summed E-state index contributed by atoms with van der Waals surface area (Å²) in [5, 5.41) is 0. The highest BCUT2D eigenvalue weighted by Crippen LogP contribution is 2.27. The smallest absolute Gasteiger partial charge is 0.122 e. The van der Waals surface area contributed by atoms with Crippen LogP contribution in [0.25, 0.3) is 0 Å². The standard InChI is InChI=1S/C12H18N2O/c13-6-5-11(14)9-3-4-12-10(8-9)2-1-7-15-12/h3-4,8,11H,1-2,5-7,13-14H2. The SMILES string of the molecule is NCCC(N)c1ccc2c(c1)CCCO2. The first kappa shape index (κ1) is 10.5. The van der Waals surface area contributed by atoms with Crippen molar-refractivity contribution in [3.8, 4) is 5.75 Å². The highest BCUT2D eigenvalue weighted by molar-refractivity contribution is 5.39. The second-order valence-corrected chi connectivity index (χ2v) is 4.00. The van der Waals surface area contributed by atoms with E-state index in [0.29, 0.717) is 6.54 Å². The van der Waals surface area contributed by atoms with Crippen molar-refractivity contribution >= 4 is 0 Å². The van der Waals surface area contributed by atoms with Crippen LogP contribution in [0.3, 0.4) is 0 Å². The number of aryl methyl sites for hydroxylation is 1. The molecule has 15 heavy (non-hydrogen) atoms. The van der Waals surface area contributed by atoms with E-state index < -0.39 is 0 Å². The van der Waals surface area contributed by atoms with E-state index in [0.717, 1.165) is 31.6 Å². The van der Waals surface area contributed by atoms with Gasteiger partial charge in [-0.25, -0.2) is 0 Å². The van der Waals surface area contributed by atoms with E-state index in [-0.39, 0.29) is 6.04 Å². The van der Waals surface area contributed by atoms with Crippen LogP contribution in [0.15, 0.2) is 18.2 Å². The number of benzene rings is 1. The first-order valence-corrected chi connectivity index (χ1v) is 5.52. The first-order chi connectivity index (χ1) is 7.31. The molecule has 1 unspecified atom stereocenters. The zero-order valence-corrected chi connectivity index (χ0v) is 8.91. The van der Waals surface area contributed by atoms with Crippen LogP contribution in [-0.4, -0.2) is 13.2 Å². The molecule has 1 aromatic rings. The maximum Gasteiger partial charge on any atom is 0.122 e. The van der Waals surface area contributed by atoms with Crippen LogP contribution in [-0.2, 0) is 6.42 Å². The van der Waals surface area contributed by atoms with Crippen LogP contribution >= 0.6 is 0 Å². The van der Waals surface area contributed by atoms with Gasteiger partial charge in [0.25, 0.3) is 0 Å². The van der Waals surface area contributed by atoms with Crippen LogP contribution in [0, 0.1) is 0 Å². The lowest BCUT2D eigenvalue weighted by Crippen LogP contribution is -2.16. The zero-order chi connectivity index (χ0) is 10.7. The molecule has 0 aromatic heterocycles. The zero-order valence-electron chi connectivity index (χ0n) is 8.91. The van der Waals surface area contributed by atoms with Crippen molar-refractivity contribution in [3.05, 3.63) is 29.3 Å². The van der Waals surface area contributed by atoms with Crippen LogP contribution in [0.2, 0.25) is 0 Å². The fraction of sp³-hybridized carbons (Fsp3) is 0.500. The number of hydrogen-bond acceptors (Lipinski definition) is 3. The normalized spacial score (nSPS) is 16.7. The van der Waals surface area contributed by atoms with Crippen molar-refractivity contribution in [2.24, 2.45) is 11.5 Å². The van der Waals surface area contributed by atoms with E-state index >= 15 is 0 Å². The van der Waals surface area contributed by atoms with Gasteiger partial charge in [-0.05, 0) is 43.0 Å². The number of fused-ring (bicyclic) bond motifs is 1. The maximum atomic E-state index is 6.02. The van der Waals surface area contributed by atoms with Gasteiger partial charge in [-0.2, -0.15) is 0 Å². The minimum absolute atomic E-state index is 0.0576. The Morgan fingerprint density at radius 3 is 3.07 bits per heavy atom. The third-order valence-electron chi connectivity index (χ3n) is 2.84. The Hall–Kier alpha value is -1.06. The molecule has 3 heteroatoms. The lowest BCUT2D eigenvalue weighted by molar-refractivity contribution is 0.288. The molecule has 0 bridgehead atoms. The monoisotopic (exact) mass is 206 g/mol. The van der Waals surface area contributed by atoms with Crippen molar-refractivity contribution in [2.75, 3.05) is 13.2 Å². The number of ether oxygens (including phenoxy) is 1. The first-order valence-electron chi connectivity index (χ1n) is 5.52. The molecule has 0 spiro atoms. The minimum atomic E-state index is 0.0576. The average molecular weight is 206 g/mol. The van der Waals surface area contributed by atoms with Crippen molar-refractivity contribution in [3.63, 3.8) is 0 Å². The Morgan fingerprint density at radius 1 is 1.40 bits per heavy atom. The van der Waals surface area contributed by atoms with Gasteiger partial charge < -0.3 is 16.2 Å². The molecule has 0 fully saturated rings. The van der Waals surface area contributed by atoms with Gasteiger partial charge in [0.05, 0.1) is 6.61 Å². The fourth-order valence-electron chi connectivity index (χ4n) is 1.96. The van der Waals surface area contributed by atoms with E-state index in [1.54, 1.807) is 0 Å². The van der Waals surface area contributed by atoms with E-state index in [9.17, 15) is 0 Å². The summed E-state index contributed by atoms with van der Waals surface area (Å²) in [6, 6.07) is 6.29. The molecule has 1 atom stereocenters. The molecule has 2 rings (SSSR count). The molecular formula is C12H18N2O. The summed E-state index contributed by atoms with van der Waals surface area (Å²) in [4.78, 5) is 0. The summed E-state index contributed by atoms with van der Waals surface area (Å²) in [6.07, 6.45) is 3.03. The molecule has 0 amide bonds. The molecule has 0 saturated carbocycles. The molecule has 1 heterocycles. The quantitative estimate of drug-likeness (QED) is 0.785. The minimum Gasteiger partial charge on any atom is -0.493 e. The van der Waals surface area contributed by atoms with Crippen LogP contribution in [0.4, 0.5) is 0 Å². The van der Waals surface area contributed by atoms with Gasteiger partial charge in [0.15, 0.2) is 0 Å². The number of hydrogen-bond donors (Lipinski definition) is 2. The molecule has 1 aromatic carbocycles. The molecule has 0 saturated heterocycles. The molecule has 82 valence electrons. The summed E-state index contributed by atoms with van der Waals surface area (Å²) >= 11 is 0. The average Bonchev–Trinajstić information content (AvgIpc) is 2.29. The van der Waals surface area contributed by atoms with Gasteiger partial charge in [0.1, 0.15) is 5.75 Å². The van der Waals surface area contributed by atoms with Crippen molar-refractivity contribution < 1.29 is 4.74 Å². The van der Waals surface area contributed by atoms with Gasteiger partial charge >= 0.3 is 0 Å². The van der Waals surface area contributed by atoms with Crippen LogP contribution < -0.4 is 16.2 Å². The molecular weight excluding hydrogens is 188 g/mol. The van der Waals surface area contributed by atoms with E-state index in [2.05, 4.69) is 6.07 Å². The number of rotatable bonds is 3. The Balaban J connectivity index is 2.20. The fourth-order valence-corrected chi connectivity index (χ4v) is 1.96. The Kier molecular flexibility index (Phi) is 3.23. The molecule has 1 aliphatic rings. The molecule has 1 aliphatic heterocycles. The highest BCUT2D eigenvalue weighted by atomic mass is 16.5. The third-order valence-corrected chi connectivity index (χ3v) is 2.84. The Bertz CT molecular complexity index is 338. The lowest BCUT2D eigenvalue weighted by atomic mass is 9.98. The molecule has 3 nitrogen and oxygen atoms in total. The summed E-state index contributed by atoms with van der Waals surface area (Å²) in [5.41, 5.74) is 14.0. The van der Waals surface area contributed by atoms with Crippen molar-refractivity contribution in [1.29, 1.82) is 0 Å². The Labute approximate surface area is 90.4 Å². The van der Waals surface area contributed by atoms with Crippen LogP contribution in [0.1, 0.15) is 30.0 Å². The topological polar surface area (TPSA) is 61.3 Å². The molecule has 4 N–H and O–H groups in total. The predicted molar refractivity (Wildman–Crippen MR) is 60.9 cm³/mol.